The van der Waals surface area contributed by atoms with Crippen LogP contribution in [0.3, 0.4) is 0 Å². The number of ether oxygens (including phenoxy) is 2. The lowest BCUT2D eigenvalue weighted by Crippen LogP contribution is -2.60. The molecule has 0 radical (unpaired) electrons. The average molecular weight is 327 g/mol. The van der Waals surface area contributed by atoms with E-state index in [4.69, 9.17) is 20.3 Å². The third-order valence-corrected chi connectivity index (χ3v) is 3.68. The molecule has 0 saturated carbocycles. The van der Waals surface area contributed by atoms with Crippen molar-refractivity contribution in [3.05, 3.63) is 35.9 Å². The zero-order chi connectivity index (χ0) is 17.0. The van der Waals surface area contributed by atoms with Crippen molar-refractivity contribution >= 4 is 5.97 Å². The second kappa shape index (κ2) is 7.82. The first-order chi connectivity index (χ1) is 10.9. The van der Waals surface area contributed by atoms with Crippen LogP contribution in [0.25, 0.3) is 0 Å². The molecule has 6 N–H and O–H groups in total. The highest BCUT2D eigenvalue weighted by Crippen LogP contribution is 2.22. The number of esters is 1. The van der Waals surface area contributed by atoms with Gasteiger partial charge in [-0.15, -0.1) is 0 Å². The van der Waals surface area contributed by atoms with E-state index in [9.17, 15) is 20.1 Å². The molecule has 0 spiro atoms. The van der Waals surface area contributed by atoms with Gasteiger partial charge in [0.15, 0.2) is 0 Å². The van der Waals surface area contributed by atoms with Crippen LogP contribution in [0, 0.1) is 0 Å². The Hall–Kier alpha value is -1.55. The molecule has 0 amide bonds. The maximum absolute atomic E-state index is 12.0. The highest BCUT2D eigenvalue weighted by molar-refractivity contribution is 5.76. The van der Waals surface area contributed by atoms with Gasteiger partial charge in [0.05, 0.1) is 6.61 Å². The fourth-order valence-electron chi connectivity index (χ4n) is 2.32. The van der Waals surface area contributed by atoms with Crippen LogP contribution in [-0.2, 0) is 20.7 Å². The van der Waals surface area contributed by atoms with Crippen molar-refractivity contribution in [3.63, 3.8) is 0 Å². The first-order valence-corrected chi connectivity index (χ1v) is 7.24. The minimum Gasteiger partial charge on any atom is -0.432 e. The predicted octanol–water partition coefficient (Wildman–Crippen LogP) is -2.10. The lowest BCUT2D eigenvalue weighted by Gasteiger charge is -2.39. The van der Waals surface area contributed by atoms with E-state index in [0.717, 1.165) is 5.56 Å². The summed E-state index contributed by atoms with van der Waals surface area (Å²) < 4.78 is 10.1. The van der Waals surface area contributed by atoms with Gasteiger partial charge in [0, 0.05) is 0 Å². The summed E-state index contributed by atoms with van der Waals surface area (Å²) in [6.45, 7) is -0.602. The number of hydrogen-bond acceptors (Lipinski definition) is 8. The molecular weight excluding hydrogens is 306 g/mol. The van der Waals surface area contributed by atoms with Crippen molar-refractivity contribution in [1.82, 2.24) is 0 Å². The minimum atomic E-state index is -1.64. The van der Waals surface area contributed by atoms with Crippen LogP contribution in [0.15, 0.2) is 30.3 Å². The lowest BCUT2D eigenvalue weighted by molar-refractivity contribution is -0.293. The summed E-state index contributed by atoms with van der Waals surface area (Å²) in [6.07, 6.45) is -7.18. The summed E-state index contributed by atoms with van der Waals surface area (Å²) >= 11 is 0. The summed E-state index contributed by atoms with van der Waals surface area (Å²) in [4.78, 5) is 12.0. The number of carbonyl (C=O) groups excluding carboxylic acids is 1. The molecule has 2 rings (SSSR count). The quantitative estimate of drug-likeness (QED) is 0.387. The average Bonchev–Trinajstić information content (AvgIpc) is 2.56. The lowest BCUT2D eigenvalue weighted by atomic mass is 9.99. The van der Waals surface area contributed by atoms with Crippen LogP contribution in [0.2, 0.25) is 0 Å². The Morgan fingerprint density at radius 2 is 1.83 bits per heavy atom. The second-order valence-corrected chi connectivity index (χ2v) is 5.43. The summed E-state index contributed by atoms with van der Waals surface area (Å²) in [5, 5.41) is 38.2. The molecule has 1 heterocycles. The smallest absolute Gasteiger partial charge is 0.325 e. The summed E-state index contributed by atoms with van der Waals surface area (Å²) in [7, 11) is 0. The number of rotatable bonds is 5. The van der Waals surface area contributed by atoms with Gasteiger partial charge in [0.2, 0.25) is 6.29 Å². The molecule has 0 aliphatic carbocycles. The van der Waals surface area contributed by atoms with Crippen LogP contribution in [-0.4, -0.2) is 69.8 Å². The molecule has 8 nitrogen and oxygen atoms in total. The van der Waals surface area contributed by atoms with E-state index in [2.05, 4.69) is 0 Å². The van der Waals surface area contributed by atoms with Gasteiger partial charge >= 0.3 is 5.97 Å². The van der Waals surface area contributed by atoms with E-state index in [1.807, 2.05) is 18.2 Å². The van der Waals surface area contributed by atoms with E-state index in [0.29, 0.717) is 0 Å². The van der Waals surface area contributed by atoms with Gasteiger partial charge in [-0.25, -0.2) is 0 Å². The standard InChI is InChI=1S/C15H21NO7/c16-9(6-8-4-2-1-3-5-8)14(21)23-15-13(20)12(19)11(18)10(7-17)22-15/h1-5,9-13,15,17-20H,6-7,16H2/t9-,10-,11-,12+,13-,15+/m0/s1. The van der Waals surface area contributed by atoms with Gasteiger partial charge in [0.1, 0.15) is 30.5 Å². The Morgan fingerprint density at radius 1 is 1.17 bits per heavy atom. The third-order valence-electron chi connectivity index (χ3n) is 3.68. The molecule has 0 aromatic heterocycles. The van der Waals surface area contributed by atoms with Gasteiger partial charge in [0.25, 0.3) is 0 Å². The topological polar surface area (TPSA) is 142 Å². The van der Waals surface area contributed by atoms with Gasteiger partial charge < -0.3 is 35.6 Å². The van der Waals surface area contributed by atoms with Crippen LogP contribution in [0.1, 0.15) is 5.56 Å². The third kappa shape index (κ3) is 4.25. The fraction of sp³-hybridized carbons (Fsp3) is 0.533. The van der Waals surface area contributed by atoms with Gasteiger partial charge in [-0.05, 0) is 12.0 Å². The van der Waals surface area contributed by atoms with Crippen molar-refractivity contribution in [3.8, 4) is 0 Å². The van der Waals surface area contributed by atoms with Crippen molar-refractivity contribution < 1.29 is 34.7 Å². The molecule has 6 atom stereocenters. The zero-order valence-corrected chi connectivity index (χ0v) is 12.4. The Morgan fingerprint density at radius 3 is 2.43 bits per heavy atom. The van der Waals surface area contributed by atoms with Crippen molar-refractivity contribution in [2.75, 3.05) is 6.61 Å². The molecule has 8 heteroatoms. The van der Waals surface area contributed by atoms with E-state index in [1.165, 1.54) is 0 Å². The van der Waals surface area contributed by atoms with Crippen molar-refractivity contribution in [2.24, 2.45) is 5.73 Å². The monoisotopic (exact) mass is 327 g/mol. The maximum Gasteiger partial charge on any atom is 0.325 e. The second-order valence-electron chi connectivity index (χ2n) is 5.43. The van der Waals surface area contributed by atoms with Crippen LogP contribution >= 0.6 is 0 Å². The maximum atomic E-state index is 12.0. The fourth-order valence-corrected chi connectivity index (χ4v) is 2.32. The highest BCUT2D eigenvalue weighted by Gasteiger charge is 2.45. The molecule has 0 unspecified atom stereocenters. The SMILES string of the molecule is N[C@@H](Cc1ccccc1)C(=O)O[C@H]1O[C@@H](CO)[C@H](O)[C@@H](O)[C@@H]1O. The Kier molecular flexibility index (Phi) is 6.05. The summed E-state index contributed by atoms with van der Waals surface area (Å²) in [5.74, 6) is -0.821. The summed E-state index contributed by atoms with van der Waals surface area (Å²) in [5.41, 5.74) is 6.61. The van der Waals surface area contributed by atoms with Crippen LogP contribution in [0.4, 0.5) is 0 Å². The molecular formula is C15H21NO7. The molecule has 0 bridgehead atoms. The van der Waals surface area contributed by atoms with Gasteiger partial charge in [-0.2, -0.15) is 0 Å². The zero-order valence-electron chi connectivity index (χ0n) is 12.4. The minimum absolute atomic E-state index is 0.233. The number of carbonyl (C=O) groups is 1. The molecule has 128 valence electrons. The number of benzene rings is 1. The molecule has 1 aliphatic rings. The summed E-state index contributed by atoms with van der Waals surface area (Å²) in [6, 6.07) is 8.09. The number of nitrogens with two attached hydrogens (primary N) is 1. The van der Waals surface area contributed by atoms with E-state index >= 15 is 0 Å². The number of aliphatic hydroxyl groups excluding tert-OH is 4. The number of hydrogen-bond donors (Lipinski definition) is 5. The molecule has 1 aliphatic heterocycles. The van der Waals surface area contributed by atoms with E-state index in [-0.39, 0.29) is 6.42 Å². The first-order valence-electron chi connectivity index (χ1n) is 7.24. The Bertz CT molecular complexity index is 510. The van der Waals surface area contributed by atoms with Gasteiger partial charge in [-0.3, -0.25) is 4.79 Å². The largest absolute Gasteiger partial charge is 0.432 e. The molecule has 1 fully saturated rings. The molecule has 1 saturated heterocycles. The normalized spacial score (nSPS) is 32.3. The highest BCUT2D eigenvalue weighted by atomic mass is 16.7. The van der Waals surface area contributed by atoms with Crippen molar-refractivity contribution in [2.45, 2.75) is 43.2 Å². The Labute approximate surface area is 133 Å². The van der Waals surface area contributed by atoms with E-state index < -0.39 is 49.3 Å². The first kappa shape index (κ1) is 17.8. The Balaban J connectivity index is 1.95. The van der Waals surface area contributed by atoms with Crippen LogP contribution in [0.5, 0.6) is 0 Å². The van der Waals surface area contributed by atoms with Crippen molar-refractivity contribution in [1.29, 1.82) is 0 Å². The predicted molar refractivity (Wildman–Crippen MR) is 78.0 cm³/mol. The van der Waals surface area contributed by atoms with Crippen LogP contribution < -0.4 is 5.73 Å². The molecule has 1 aromatic rings. The van der Waals surface area contributed by atoms with E-state index in [1.54, 1.807) is 12.1 Å². The van der Waals surface area contributed by atoms with Gasteiger partial charge in [-0.1, -0.05) is 30.3 Å². The molecule has 23 heavy (non-hydrogen) atoms. The molecule has 1 aromatic carbocycles. The number of aliphatic hydroxyl groups is 4.